The summed E-state index contributed by atoms with van der Waals surface area (Å²) in [6, 6.07) is 0. The predicted molar refractivity (Wildman–Crippen MR) is 76.4 cm³/mol. The van der Waals surface area contributed by atoms with Crippen molar-refractivity contribution in [3.63, 3.8) is 0 Å². The fourth-order valence-electron chi connectivity index (χ4n) is 2.19. The number of aromatic nitrogens is 2. The van der Waals surface area contributed by atoms with Crippen LogP contribution < -0.4 is 11.2 Å². The van der Waals surface area contributed by atoms with Gasteiger partial charge >= 0.3 is 11.7 Å². The molecule has 0 aliphatic carbocycles. The van der Waals surface area contributed by atoms with Crippen molar-refractivity contribution in [2.24, 2.45) is 0 Å². The van der Waals surface area contributed by atoms with E-state index in [0.717, 1.165) is 10.8 Å². The standard InChI is InChI=1S/C14H16N2O7/c1-3-4-8-5-16(14(21)15-12(8)20)13-11(19)10(18)9(23-13)6-22-7(2)17/h5,9-11,13,18-19H,6H2,1-2H3,(H,15,20,21)/t9-,10-,11+,13-/m1/s1. The molecule has 0 radical (unpaired) electrons. The molecule has 0 spiro atoms. The summed E-state index contributed by atoms with van der Waals surface area (Å²) in [7, 11) is 0. The van der Waals surface area contributed by atoms with Crippen molar-refractivity contribution >= 4 is 5.97 Å². The van der Waals surface area contributed by atoms with Gasteiger partial charge in [-0.05, 0) is 6.92 Å². The molecule has 2 heterocycles. The number of carbonyl (C=O) groups is 1. The van der Waals surface area contributed by atoms with Gasteiger partial charge in [-0.25, -0.2) is 4.79 Å². The predicted octanol–water partition coefficient (Wildman–Crippen LogP) is -1.91. The molecule has 0 aromatic carbocycles. The lowest BCUT2D eigenvalue weighted by molar-refractivity contribution is -0.147. The summed E-state index contributed by atoms with van der Waals surface area (Å²) in [6.07, 6.45) is -3.90. The zero-order valence-electron chi connectivity index (χ0n) is 12.5. The van der Waals surface area contributed by atoms with Crippen LogP contribution >= 0.6 is 0 Å². The Balaban J connectivity index is 2.32. The number of esters is 1. The minimum atomic E-state index is -1.44. The summed E-state index contributed by atoms with van der Waals surface area (Å²) in [5.41, 5.74) is -1.47. The first-order valence-corrected chi connectivity index (χ1v) is 6.78. The lowest BCUT2D eigenvalue weighted by atomic mass is 10.1. The van der Waals surface area contributed by atoms with E-state index in [1.807, 2.05) is 0 Å². The van der Waals surface area contributed by atoms with E-state index in [1.165, 1.54) is 13.8 Å². The second-order valence-corrected chi connectivity index (χ2v) is 4.93. The van der Waals surface area contributed by atoms with Gasteiger partial charge in [0.2, 0.25) is 0 Å². The molecule has 0 amide bonds. The van der Waals surface area contributed by atoms with Crippen molar-refractivity contribution < 1.29 is 24.5 Å². The van der Waals surface area contributed by atoms with Gasteiger partial charge in [0.05, 0.1) is 0 Å². The van der Waals surface area contributed by atoms with Gasteiger partial charge in [0, 0.05) is 13.1 Å². The van der Waals surface area contributed by atoms with E-state index < -0.39 is 41.8 Å². The van der Waals surface area contributed by atoms with Crippen molar-refractivity contribution in [3.05, 3.63) is 32.6 Å². The Hall–Kier alpha value is -2.41. The molecule has 0 saturated carbocycles. The maximum atomic E-state index is 11.9. The number of aliphatic hydroxyl groups excluding tert-OH is 2. The molecule has 124 valence electrons. The highest BCUT2D eigenvalue weighted by atomic mass is 16.6. The summed E-state index contributed by atoms with van der Waals surface area (Å²) >= 11 is 0. The van der Waals surface area contributed by atoms with Crippen molar-refractivity contribution in [3.8, 4) is 11.8 Å². The van der Waals surface area contributed by atoms with E-state index in [2.05, 4.69) is 16.8 Å². The average Bonchev–Trinajstić information content (AvgIpc) is 2.76. The molecule has 0 unspecified atom stereocenters. The summed E-state index contributed by atoms with van der Waals surface area (Å²) in [4.78, 5) is 36.4. The van der Waals surface area contributed by atoms with Crippen LogP contribution in [-0.2, 0) is 14.3 Å². The summed E-state index contributed by atoms with van der Waals surface area (Å²) < 4.78 is 11.1. The van der Waals surface area contributed by atoms with Gasteiger partial charge in [0.1, 0.15) is 30.5 Å². The number of nitrogens with zero attached hydrogens (tertiary/aromatic N) is 1. The normalized spacial score (nSPS) is 26.4. The van der Waals surface area contributed by atoms with Crippen LogP contribution in [0.2, 0.25) is 0 Å². The minimum absolute atomic E-state index is 0.0147. The second kappa shape index (κ2) is 6.78. The van der Waals surface area contributed by atoms with Crippen LogP contribution in [0.25, 0.3) is 0 Å². The van der Waals surface area contributed by atoms with Crippen LogP contribution in [0.3, 0.4) is 0 Å². The summed E-state index contributed by atoms with van der Waals surface area (Å²) in [5.74, 6) is 4.48. The third kappa shape index (κ3) is 3.50. The Labute approximate surface area is 130 Å². The molecule has 1 fully saturated rings. The molecule has 1 aromatic heterocycles. The van der Waals surface area contributed by atoms with Gasteiger partial charge in [-0.3, -0.25) is 19.1 Å². The van der Waals surface area contributed by atoms with Crippen LogP contribution in [0, 0.1) is 11.8 Å². The van der Waals surface area contributed by atoms with Gasteiger partial charge in [-0.15, -0.1) is 5.92 Å². The molecule has 4 atom stereocenters. The van der Waals surface area contributed by atoms with Crippen LogP contribution in [0.15, 0.2) is 15.8 Å². The highest BCUT2D eigenvalue weighted by Crippen LogP contribution is 2.28. The molecule has 1 saturated heterocycles. The molecule has 0 bridgehead atoms. The fourth-order valence-corrected chi connectivity index (χ4v) is 2.19. The fraction of sp³-hybridized carbons (Fsp3) is 0.500. The summed E-state index contributed by atoms with van der Waals surface area (Å²) in [5, 5.41) is 20.0. The van der Waals surface area contributed by atoms with E-state index in [1.54, 1.807) is 0 Å². The number of aromatic amines is 1. The zero-order chi connectivity index (χ0) is 17.1. The number of hydrogen-bond acceptors (Lipinski definition) is 7. The van der Waals surface area contributed by atoms with Gasteiger partial charge in [0.25, 0.3) is 5.56 Å². The Bertz CT molecular complexity index is 770. The minimum Gasteiger partial charge on any atom is -0.463 e. The first kappa shape index (κ1) is 17.0. The Kier molecular flexibility index (Phi) is 5.00. The van der Waals surface area contributed by atoms with Gasteiger partial charge in [0.15, 0.2) is 6.23 Å². The molecule has 1 aliphatic heterocycles. The number of nitrogens with one attached hydrogen (secondary N) is 1. The smallest absolute Gasteiger partial charge is 0.330 e. The molecule has 9 nitrogen and oxygen atoms in total. The number of aliphatic hydroxyl groups is 2. The van der Waals surface area contributed by atoms with E-state index >= 15 is 0 Å². The topological polar surface area (TPSA) is 131 Å². The number of hydrogen-bond donors (Lipinski definition) is 3. The van der Waals surface area contributed by atoms with Crippen molar-refractivity contribution in [2.75, 3.05) is 6.61 Å². The van der Waals surface area contributed by atoms with Gasteiger partial charge in [-0.2, -0.15) is 0 Å². The highest BCUT2D eigenvalue weighted by Gasteiger charge is 2.44. The first-order chi connectivity index (χ1) is 10.8. The quantitative estimate of drug-likeness (QED) is 0.437. The molecule has 23 heavy (non-hydrogen) atoms. The maximum absolute atomic E-state index is 11.9. The molecule has 2 rings (SSSR count). The second-order valence-electron chi connectivity index (χ2n) is 4.93. The van der Waals surface area contributed by atoms with E-state index in [9.17, 15) is 24.6 Å². The average molecular weight is 324 g/mol. The molecule has 1 aromatic rings. The van der Waals surface area contributed by atoms with Crippen LogP contribution in [0.1, 0.15) is 25.6 Å². The van der Waals surface area contributed by atoms with Crippen molar-refractivity contribution in [2.45, 2.75) is 38.4 Å². The Morgan fingerprint density at radius 1 is 1.43 bits per heavy atom. The molecular weight excluding hydrogens is 308 g/mol. The zero-order valence-corrected chi connectivity index (χ0v) is 12.5. The molecular formula is C14H16N2O7. The third-order valence-electron chi connectivity index (χ3n) is 3.29. The van der Waals surface area contributed by atoms with E-state index in [0.29, 0.717) is 0 Å². The van der Waals surface area contributed by atoms with Gasteiger partial charge < -0.3 is 19.7 Å². The summed E-state index contributed by atoms with van der Waals surface area (Å²) in [6.45, 7) is 2.44. The van der Waals surface area contributed by atoms with E-state index in [-0.39, 0.29) is 12.2 Å². The van der Waals surface area contributed by atoms with Crippen molar-refractivity contribution in [1.82, 2.24) is 9.55 Å². The molecule has 3 N–H and O–H groups in total. The Morgan fingerprint density at radius 2 is 2.13 bits per heavy atom. The Morgan fingerprint density at radius 3 is 2.74 bits per heavy atom. The number of H-pyrrole nitrogens is 1. The SMILES string of the molecule is CC#Cc1cn([C@@H]2O[C@H](COC(C)=O)[C@@H](O)[C@@H]2O)c(=O)[nH]c1=O. The van der Waals surface area contributed by atoms with Crippen molar-refractivity contribution in [1.29, 1.82) is 0 Å². The lowest BCUT2D eigenvalue weighted by Gasteiger charge is -2.17. The largest absolute Gasteiger partial charge is 0.463 e. The lowest BCUT2D eigenvalue weighted by Crippen LogP contribution is -2.38. The number of rotatable bonds is 3. The van der Waals surface area contributed by atoms with Crippen LogP contribution in [0.5, 0.6) is 0 Å². The third-order valence-corrected chi connectivity index (χ3v) is 3.29. The first-order valence-electron chi connectivity index (χ1n) is 6.78. The van der Waals surface area contributed by atoms with Crippen LogP contribution in [0.4, 0.5) is 0 Å². The highest BCUT2D eigenvalue weighted by molar-refractivity contribution is 5.65. The molecule has 9 heteroatoms. The molecule has 1 aliphatic rings. The number of ether oxygens (including phenoxy) is 2. The van der Waals surface area contributed by atoms with E-state index in [4.69, 9.17) is 9.47 Å². The maximum Gasteiger partial charge on any atom is 0.330 e. The van der Waals surface area contributed by atoms with Gasteiger partial charge in [-0.1, -0.05) is 5.92 Å². The van der Waals surface area contributed by atoms with Crippen LogP contribution in [-0.4, -0.2) is 50.7 Å². The monoisotopic (exact) mass is 324 g/mol. The number of carbonyl (C=O) groups excluding carboxylic acids is 1.